The summed E-state index contributed by atoms with van der Waals surface area (Å²) in [4.78, 5) is 15.0. The third-order valence-electron chi connectivity index (χ3n) is 3.55. The Morgan fingerprint density at radius 3 is 2.67 bits per heavy atom. The van der Waals surface area contributed by atoms with Crippen molar-refractivity contribution in [1.82, 2.24) is 4.90 Å². The predicted molar refractivity (Wildman–Crippen MR) is 89.0 cm³/mol. The number of urea groups is 1. The van der Waals surface area contributed by atoms with Gasteiger partial charge in [0.2, 0.25) is 0 Å². The molecule has 2 amide bonds. The van der Waals surface area contributed by atoms with E-state index in [9.17, 15) is 4.79 Å². The molecule has 3 rings (SSSR count). The molecule has 1 fully saturated rings. The number of likely N-dealkylation sites (tertiary alicyclic amines) is 1. The lowest BCUT2D eigenvalue weighted by Crippen LogP contribution is -2.32. The summed E-state index contributed by atoms with van der Waals surface area (Å²) in [5.74, 6) is 0. The number of benzene rings is 1. The van der Waals surface area contributed by atoms with E-state index in [1.807, 2.05) is 35.2 Å². The van der Waals surface area contributed by atoms with Gasteiger partial charge >= 0.3 is 6.03 Å². The lowest BCUT2D eigenvalue weighted by atomic mass is 10.1. The van der Waals surface area contributed by atoms with E-state index < -0.39 is 0 Å². The van der Waals surface area contributed by atoms with E-state index in [0.717, 1.165) is 40.7 Å². The van der Waals surface area contributed by atoms with Crippen molar-refractivity contribution in [2.75, 3.05) is 24.1 Å². The van der Waals surface area contributed by atoms with Crippen LogP contribution in [0.25, 0.3) is 10.4 Å². The maximum absolute atomic E-state index is 12.2. The van der Waals surface area contributed by atoms with Crippen LogP contribution in [0.1, 0.15) is 12.8 Å². The van der Waals surface area contributed by atoms with E-state index in [1.165, 1.54) is 11.3 Å². The van der Waals surface area contributed by atoms with Crippen LogP contribution in [0.3, 0.4) is 0 Å². The van der Waals surface area contributed by atoms with E-state index >= 15 is 0 Å². The van der Waals surface area contributed by atoms with Crippen molar-refractivity contribution in [2.24, 2.45) is 0 Å². The van der Waals surface area contributed by atoms with Gasteiger partial charge in [0.15, 0.2) is 0 Å². The van der Waals surface area contributed by atoms with Crippen LogP contribution in [0, 0.1) is 0 Å². The van der Waals surface area contributed by atoms with Crippen LogP contribution in [0.15, 0.2) is 30.3 Å². The Morgan fingerprint density at radius 2 is 2.00 bits per heavy atom. The molecule has 0 spiro atoms. The summed E-state index contributed by atoms with van der Waals surface area (Å²) in [6.45, 7) is 1.62. The van der Waals surface area contributed by atoms with Crippen molar-refractivity contribution in [3.05, 3.63) is 34.7 Å². The molecule has 1 aliphatic rings. The maximum Gasteiger partial charge on any atom is 0.321 e. The van der Waals surface area contributed by atoms with E-state index in [4.69, 9.17) is 17.3 Å². The first-order chi connectivity index (χ1) is 10.1. The van der Waals surface area contributed by atoms with Crippen molar-refractivity contribution < 1.29 is 4.79 Å². The highest BCUT2D eigenvalue weighted by molar-refractivity contribution is 7.19. The molecule has 1 saturated heterocycles. The summed E-state index contributed by atoms with van der Waals surface area (Å²) < 4.78 is 0.740. The first-order valence-electron chi connectivity index (χ1n) is 6.84. The fourth-order valence-electron chi connectivity index (χ4n) is 2.40. The largest absolute Gasteiger partial charge is 0.397 e. The third kappa shape index (κ3) is 3.14. The van der Waals surface area contributed by atoms with Crippen molar-refractivity contribution >= 4 is 40.3 Å². The number of nitrogen functional groups attached to an aromatic ring is 1. The number of rotatable bonds is 2. The van der Waals surface area contributed by atoms with Gasteiger partial charge in [0.1, 0.15) is 0 Å². The zero-order valence-electron chi connectivity index (χ0n) is 11.4. The molecular formula is C15H16ClN3OS. The Balaban J connectivity index is 1.82. The molecule has 110 valence electrons. The highest BCUT2D eigenvalue weighted by Crippen LogP contribution is 2.34. The summed E-state index contributed by atoms with van der Waals surface area (Å²) in [5.41, 5.74) is 8.17. The van der Waals surface area contributed by atoms with Crippen LogP contribution in [0.5, 0.6) is 0 Å². The number of carbonyl (C=O) groups excluding carboxylic acids is 1. The van der Waals surface area contributed by atoms with Crippen molar-refractivity contribution in [3.63, 3.8) is 0 Å². The van der Waals surface area contributed by atoms with Gasteiger partial charge in [0.25, 0.3) is 0 Å². The number of halogens is 1. The van der Waals surface area contributed by atoms with Gasteiger partial charge in [-0.3, -0.25) is 0 Å². The quantitative estimate of drug-likeness (QED) is 0.811. The fraction of sp³-hybridized carbons (Fsp3) is 0.267. The molecule has 0 unspecified atom stereocenters. The van der Waals surface area contributed by atoms with E-state index in [0.29, 0.717) is 11.4 Å². The van der Waals surface area contributed by atoms with Gasteiger partial charge in [0, 0.05) is 18.0 Å². The molecule has 6 heteroatoms. The zero-order chi connectivity index (χ0) is 14.8. The minimum absolute atomic E-state index is 0.0828. The summed E-state index contributed by atoms with van der Waals surface area (Å²) in [5, 5.41) is 2.90. The second-order valence-corrected chi connectivity index (χ2v) is 6.75. The second-order valence-electron chi connectivity index (χ2n) is 5.03. The smallest absolute Gasteiger partial charge is 0.321 e. The van der Waals surface area contributed by atoms with Gasteiger partial charge in [-0.05, 0) is 42.7 Å². The average molecular weight is 322 g/mol. The number of nitrogens with zero attached hydrogens (tertiary/aromatic N) is 1. The molecule has 4 nitrogen and oxygen atoms in total. The Bertz CT molecular complexity index is 665. The molecule has 2 heterocycles. The summed E-state index contributed by atoms with van der Waals surface area (Å²) in [6, 6.07) is 9.38. The highest BCUT2D eigenvalue weighted by Gasteiger charge is 2.18. The summed E-state index contributed by atoms with van der Waals surface area (Å²) in [6.07, 6.45) is 2.13. The number of hydrogen-bond donors (Lipinski definition) is 2. The molecule has 21 heavy (non-hydrogen) atoms. The number of nitrogens with one attached hydrogen (secondary N) is 1. The maximum atomic E-state index is 12.2. The van der Waals surface area contributed by atoms with Crippen LogP contribution in [-0.2, 0) is 0 Å². The van der Waals surface area contributed by atoms with Crippen molar-refractivity contribution in [2.45, 2.75) is 12.8 Å². The van der Waals surface area contributed by atoms with Gasteiger partial charge < -0.3 is 16.0 Å². The molecule has 1 aromatic carbocycles. The first kappa shape index (κ1) is 14.2. The molecule has 1 aromatic heterocycles. The van der Waals surface area contributed by atoms with Crippen LogP contribution in [-0.4, -0.2) is 24.0 Å². The van der Waals surface area contributed by atoms with Crippen LogP contribution in [0.2, 0.25) is 4.34 Å². The predicted octanol–water partition coefficient (Wildman–Crippen LogP) is 4.28. The van der Waals surface area contributed by atoms with Crippen LogP contribution in [0.4, 0.5) is 16.2 Å². The lowest BCUT2D eigenvalue weighted by molar-refractivity contribution is 0.222. The molecule has 2 aromatic rings. The van der Waals surface area contributed by atoms with Gasteiger partial charge in [-0.15, -0.1) is 11.3 Å². The Labute approximate surface area is 132 Å². The highest BCUT2D eigenvalue weighted by atomic mass is 35.5. The normalized spacial score (nSPS) is 14.4. The number of amides is 2. The van der Waals surface area contributed by atoms with Crippen molar-refractivity contribution in [3.8, 4) is 10.4 Å². The Morgan fingerprint density at radius 1 is 1.24 bits per heavy atom. The molecule has 0 atom stereocenters. The van der Waals surface area contributed by atoms with E-state index in [1.54, 1.807) is 0 Å². The Kier molecular flexibility index (Phi) is 4.03. The standard InChI is InChI=1S/C15H16ClN3OS/c16-14-6-5-13(21-14)10-3-4-11(17)12(9-10)18-15(20)19-7-1-2-8-19/h3-6,9H,1-2,7-8,17H2,(H,18,20). The Hall–Kier alpha value is -1.72. The summed E-state index contributed by atoms with van der Waals surface area (Å²) >= 11 is 7.47. The number of carbonyl (C=O) groups is 1. The number of anilines is 2. The number of nitrogens with two attached hydrogens (primary N) is 1. The van der Waals surface area contributed by atoms with Crippen LogP contribution >= 0.6 is 22.9 Å². The number of thiophene rings is 1. The third-order valence-corrected chi connectivity index (χ3v) is 4.83. The SMILES string of the molecule is Nc1ccc(-c2ccc(Cl)s2)cc1NC(=O)N1CCCC1. The number of hydrogen-bond acceptors (Lipinski definition) is 3. The molecule has 0 bridgehead atoms. The van der Waals surface area contributed by atoms with Gasteiger partial charge in [-0.25, -0.2) is 4.79 Å². The molecule has 0 radical (unpaired) electrons. The zero-order valence-corrected chi connectivity index (χ0v) is 13.0. The molecule has 0 aliphatic carbocycles. The van der Waals surface area contributed by atoms with Crippen LogP contribution < -0.4 is 11.1 Å². The summed E-state index contributed by atoms with van der Waals surface area (Å²) in [7, 11) is 0. The van der Waals surface area contributed by atoms with Gasteiger partial charge in [-0.1, -0.05) is 17.7 Å². The molecule has 0 saturated carbocycles. The minimum Gasteiger partial charge on any atom is -0.397 e. The molecule has 3 N–H and O–H groups in total. The van der Waals surface area contributed by atoms with E-state index in [-0.39, 0.29) is 6.03 Å². The van der Waals surface area contributed by atoms with Crippen molar-refractivity contribution in [1.29, 1.82) is 0 Å². The molecule has 1 aliphatic heterocycles. The van der Waals surface area contributed by atoms with E-state index in [2.05, 4.69) is 5.32 Å². The second kappa shape index (κ2) is 5.95. The van der Waals surface area contributed by atoms with Gasteiger partial charge in [0.05, 0.1) is 15.7 Å². The lowest BCUT2D eigenvalue weighted by Gasteiger charge is -2.17. The topological polar surface area (TPSA) is 58.4 Å². The minimum atomic E-state index is -0.0828. The van der Waals surface area contributed by atoms with Gasteiger partial charge in [-0.2, -0.15) is 0 Å². The fourth-order valence-corrected chi connectivity index (χ4v) is 3.44. The molecular weight excluding hydrogens is 306 g/mol. The monoisotopic (exact) mass is 321 g/mol. The first-order valence-corrected chi connectivity index (χ1v) is 8.04. The average Bonchev–Trinajstić information content (AvgIpc) is 3.12.